The number of hydrogen-bond acceptors (Lipinski definition) is 3. The Kier molecular flexibility index (Phi) is 4.63. The van der Waals surface area contributed by atoms with Crippen LogP contribution in [0.1, 0.15) is 25.8 Å². The van der Waals surface area contributed by atoms with Crippen LogP contribution in [0.15, 0.2) is 18.2 Å². The maximum atomic E-state index is 12.1. The first-order chi connectivity index (χ1) is 10.2. The fraction of sp³-hybridized carbons (Fsp3) is 0.357. The topological polar surface area (TPSA) is 87.3 Å². The fourth-order valence-corrected chi connectivity index (χ4v) is 2.44. The molecule has 4 amide bonds. The molecule has 1 fully saturated rings. The summed E-state index contributed by atoms with van der Waals surface area (Å²) in [5, 5.41) is 8.09. The third-order valence-electron chi connectivity index (χ3n) is 3.34. The average molecular weight is 344 g/mol. The first-order valence-corrected chi connectivity index (χ1v) is 7.32. The molecule has 0 radical (unpaired) electrons. The van der Waals surface area contributed by atoms with Crippen LogP contribution in [-0.2, 0) is 15.1 Å². The van der Waals surface area contributed by atoms with Crippen LogP contribution < -0.4 is 16.0 Å². The summed E-state index contributed by atoms with van der Waals surface area (Å²) >= 11 is 11.9. The number of carbonyl (C=O) groups excluding carboxylic acids is 3. The zero-order valence-corrected chi connectivity index (χ0v) is 13.5. The molecule has 1 aliphatic rings. The number of benzene rings is 1. The number of halogens is 2. The van der Waals surface area contributed by atoms with E-state index in [9.17, 15) is 14.4 Å². The molecule has 0 saturated carbocycles. The second-order valence-corrected chi connectivity index (χ2v) is 6.34. The third-order valence-corrected chi connectivity index (χ3v) is 4.08. The van der Waals surface area contributed by atoms with Crippen molar-refractivity contribution in [2.75, 3.05) is 0 Å². The van der Waals surface area contributed by atoms with E-state index in [0.717, 1.165) is 5.56 Å². The van der Waals surface area contributed by atoms with Gasteiger partial charge in [0.25, 0.3) is 5.91 Å². The first kappa shape index (κ1) is 16.6. The van der Waals surface area contributed by atoms with E-state index in [1.807, 2.05) is 0 Å². The number of amides is 4. The summed E-state index contributed by atoms with van der Waals surface area (Å²) in [6.07, 6.45) is -0.137. The van der Waals surface area contributed by atoms with Gasteiger partial charge in [-0.2, -0.15) is 0 Å². The monoisotopic (exact) mass is 343 g/mol. The molecule has 0 spiro atoms. The van der Waals surface area contributed by atoms with Crippen molar-refractivity contribution in [2.24, 2.45) is 0 Å². The zero-order chi connectivity index (χ0) is 16.5. The van der Waals surface area contributed by atoms with Crippen molar-refractivity contribution in [3.05, 3.63) is 33.8 Å². The first-order valence-electron chi connectivity index (χ1n) is 6.57. The van der Waals surface area contributed by atoms with E-state index in [1.165, 1.54) is 0 Å². The van der Waals surface area contributed by atoms with Crippen molar-refractivity contribution in [1.82, 2.24) is 16.0 Å². The van der Waals surface area contributed by atoms with Crippen molar-refractivity contribution >= 4 is 41.0 Å². The Labute approximate surface area is 137 Å². The summed E-state index contributed by atoms with van der Waals surface area (Å²) < 4.78 is 0. The Morgan fingerprint density at radius 2 is 1.95 bits per heavy atom. The highest BCUT2D eigenvalue weighted by atomic mass is 35.5. The summed E-state index contributed by atoms with van der Waals surface area (Å²) in [4.78, 5) is 34.5. The van der Waals surface area contributed by atoms with Gasteiger partial charge in [0.2, 0.25) is 5.91 Å². The molecule has 1 unspecified atom stereocenters. The number of urea groups is 1. The van der Waals surface area contributed by atoms with Gasteiger partial charge in [0, 0.05) is 0 Å². The van der Waals surface area contributed by atoms with E-state index >= 15 is 0 Å². The molecule has 2 rings (SSSR count). The summed E-state index contributed by atoms with van der Waals surface area (Å²) in [6.45, 7) is 3.61. The van der Waals surface area contributed by atoms with Crippen LogP contribution in [0, 0.1) is 0 Å². The van der Waals surface area contributed by atoms with Gasteiger partial charge in [-0.05, 0) is 31.5 Å². The minimum absolute atomic E-state index is 0.137. The van der Waals surface area contributed by atoms with Crippen LogP contribution in [0.2, 0.25) is 10.0 Å². The van der Waals surface area contributed by atoms with E-state index in [2.05, 4.69) is 16.0 Å². The van der Waals surface area contributed by atoms with E-state index in [0.29, 0.717) is 10.0 Å². The van der Waals surface area contributed by atoms with E-state index in [-0.39, 0.29) is 12.3 Å². The standard InChI is InChI=1S/C14H15Cl2N3O3/c1-14(2,7-3-4-8(15)9(16)5-7)19-11(20)6-10-12(21)18-13(22)17-10/h3-5,10H,6H2,1-2H3,(H,19,20)(H2,17,18,21,22). The van der Waals surface area contributed by atoms with Gasteiger partial charge in [0.15, 0.2) is 0 Å². The van der Waals surface area contributed by atoms with Crippen LogP contribution in [-0.4, -0.2) is 23.9 Å². The lowest BCUT2D eigenvalue weighted by Crippen LogP contribution is -2.44. The molecule has 0 bridgehead atoms. The quantitative estimate of drug-likeness (QED) is 0.730. The molecule has 0 aromatic heterocycles. The van der Waals surface area contributed by atoms with E-state index in [1.54, 1.807) is 32.0 Å². The van der Waals surface area contributed by atoms with Crippen LogP contribution in [0.3, 0.4) is 0 Å². The minimum atomic E-state index is -0.850. The lowest BCUT2D eigenvalue weighted by Gasteiger charge is -2.27. The van der Waals surface area contributed by atoms with Crippen LogP contribution >= 0.6 is 23.2 Å². The van der Waals surface area contributed by atoms with E-state index < -0.39 is 23.5 Å². The summed E-state index contributed by atoms with van der Waals surface area (Å²) in [6, 6.07) is 3.65. The van der Waals surface area contributed by atoms with Crippen LogP contribution in [0.4, 0.5) is 4.79 Å². The van der Waals surface area contributed by atoms with Crippen molar-refractivity contribution < 1.29 is 14.4 Å². The number of imide groups is 1. The Hall–Kier alpha value is -1.79. The third kappa shape index (κ3) is 3.69. The predicted octanol–water partition coefficient (Wildman–Crippen LogP) is 1.94. The lowest BCUT2D eigenvalue weighted by molar-refractivity contribution is -0.127. The van der Waals surface area contributed by atoms with Gasteiger partial charge in [0.05, 0.1) is 22.0 Å². The number of carbonyl (C=O) groups is 3. The minimum Gasteiger partial charge on any atom is -0.347 e. The molecule has 1 saturated heterocycles. The maximum absolute atomic E-state index is 12.1. The highest BCUT2D eigenvalue weighted by molar-refractivity contribution is 6.42. The number of nitrogens with one attached hydrogen (secondary N) is 3. The Balaban J connectivity index is 2.04. The molecule has 118 valence electrons. The van der Waals surface area contributed by atoms with Gasteiger partial charge < -0.3 is 10.6 Å². The Morgan fingerprint density at radius 3 is 2.50 bits per heavy atom. The fourth-order valence-electron chi connectivity index (χ4n) is 2.14. The molecule has 0 aliphatic carbocycles. The molecule has 1 atom stereocenters. The van der Waals surface area contributed by atoms with Crippen molar-refractivity contribution in [3.8, 4) is 0 Å². The van der Waals surface area contributed by atoms with Gasteiger partial charge in [-0.15, -0.1) is 0 Å². The molecular formula is C14H15Cl2N3O3. The number of rotatable bonds is 4. The van der Waals surface area contributed by atoms with Gasteiger partial charge in [-0.1, -0.05) is 29.3 Å². The lowest BCUT2D eigenvalue weighted by atomic mass is 9.94. The molecule has 22 heavy (non-hydrogen) atoms. The van der Waals surface area contributed by atoms with E-state index in [4.69, 9.17) is 23.2 Å². The Bertz CT molecular complexity index is 646. The van der Waals surface area contributed by atoms with Crippen molar-refractivity contribution in [3.63, 3.8) is 0 Å². The van der Waals surface area contributed by atoms with Crippen LogP contribution in [0.5, 0.6) is 0 Å². The smallest absolute Gasteiger partial charge is 0.322 e. The maximum Gasteiger partial charge on any atom is 0.322 e. The Morgan fingerprint density at radius 1 is 1.27 bits per heavy atom. The normalized spacial score (nSPS) is 17.9. The SMILES string of the molecule is CC(C)(NC(=O)CC1NC(=O)NC1=O)c1ccc(Cl)c(Cl)c1. The molecular weight excluding hydrogens is 329 g/mol. The summed E-state index contributed by atoms with van der Waals surface area (Å²) in [7, 11) is 0. The molecule has 1 heterocycles. The summed E-state index contributed by atoms with van der Waals surface area (Å²) in [5.41, 5.74) is 0.0693. The highest BCUT2D eigenvalue weighted by Gasteiger charge is 2.33. The highest BCUT2D eigenvalue weighted by Crippen LogP contribution is 2.28. The second-order valence-electron chi connectivity index (χ2n) is 5.52. The van der Waals surface area contributed by atoms with Gasteiger partial charge >= 0.3 is 6.03 Å². The average Bonchev–Trinajstić information content (AvgIpc) is 2.70. The molecule has 6 nitrogen and oxygen atoms in total. The zero-order valence-electron chi connectivity index (χ0n) is 12.0. The largest absolute Gasteiger partial charge is 0.347 e. The van der Waals surface area contributed by atoms with Crippen LogP contribution in [0.25, 0.3) is 0 Å². The second kappa shape index (κ2) is 6.14. The van der Waals surface area contributed by atoms with Gasteiger partial charge in [0.1, 0.15) is 6.04 Å². The van der Waals surface area contributed by atoms with Crippen molar-refractivity contribution in [1.29, 1.82) is 0 Å². The predicted molar refractivity (Wildman–Crippen MR) is 82.7 cm³/mol. The molecule has 1 aromatic carbocycles. The molecule has 1 aromatic rings. The molecule has 1 aliphatic heterocycles. The number of hydrogen-bond donors (Lipinski definition) is 3. The summed E-state index contributed by atoms with van der Waals surface area (Å²) in [5.74, 6) is -0.870. The molecule has 3 N–H and O–H groups in total. The van der Waals surface area contributed by atoms with Gasteiger partial charge in [-0.3, -0.25) is 14.9 Å². The van der Waals surface area contributed by atoms with Crippen molar-refractivity contribution in [2.45, 2.75) is 31.8 Å². The van der Waals surface area contributed by atoms with Gasteiger partial charge in [-0.25, -0.2) is 4.79 Å². The molecule has 8 heteroatoms.